The Balaban J connectivity index is 1.27. The smallest absolute Gasteiger partial charge is 0.444 e. The third kappa shape index (κ3) is 8.92. The molecule has 1 spiro atoms. The van der Waals surface area contributed by atoms with Crippen LogP contribution in [0.3, 0.4) is 0 Å². The van der Waals surface area contributed by atoms with Crippen molar-refractivity contribution in [2.45, 2.75) is 94.8 Å². The number of hydrogen-bond donors (Lipinski definition) is 3. The fourth-order valence-corrected chi connectivity index (χ4v) is 5.92. The number of nitrogens with zero attached hydrogens (tertiary/aromatic N) is 3. The van der Waals surface area contributed by atoms with Gasteiger partial charge in [0, 0.05) is 25.2 Å². The molecule has 2 heterocycles. The van der Waals surface area contributed by atoms with Crippen molar-refractivity contribution in [2.75, 3.05) is 32.8 Å². The number of likely N-dealkylation sites (tertiary alicyclic amines) is 1. The van der Waals surface area contributed by atoms with Crippen molar-refractivity contribution in [3.05, 3.63) is 35.9 Å². The Bertz CT molecular complexity index is 1060. The van der Waals surface area contributed by atoms with Crippen molar-refractivity contribution in [3.8, 4) is 6.07 Å². The van der Waals surface area contributed by atoms with E-state index in [1.54, 1.807) is 4.90 Å². The highest BCUT2D eigenvalue weighted by Gasteiger charge is 2.49. The molecule has 4 rings (SSSR count). The predicted octanol–water partition coefficient (Wildman–Crippen LogP) is 2.67. The molecule has 3 aliphatic rings. The second-order valence-corrected chi connectivity index (χ2v) is 12.5. The van der Waals surface area contributed by atoms with Gasteiger partial charge in [0.1, 0.15) is 12.0 Å². The minimum Gasteiger partial charge on any atom is -0.444 e. The van der Waals surface area contributed by atoms with Gasteiger partial charge in [-0.2, -0.15) is 5.26 Å². The van der Waals surface area contributed by atoms with E-state index < -0.39 is 31.2 Å². The second-order valence-electron chi connectivity index (χ2n) is 12.5. The standard InChI is InChI=1S/C30H45BN4O6/c1-29(2,35-18-19-40-30(22-35)15-16-30)14-13-24(20-32)27(36)34-17-7-6-10-25(21-34)41-28(37)33-26(31(38)39)12-11-23-8-4-3-5-9-23/h3-5,8-9,24-26,38-39H,6-7,10-19,21-22H2,1-2H3,(H,33,37)/t24?,25-,26+/m1/s1. The lowest BCUT2D eigenvalue weighted by atomic mass is 9.76. The van der Waals surface area contributed by atoms with Gasteiger partial charge in [0.05, 0.1) is 30.8 Å². The molecule has 1 aromatic carbocycles. The van der Waals surface area contributed by atoms with E-state index in [0.29, 0.717) is 32.2 Å². The van der Waals surface area contributed by atoms with Crippen molar-refractivity contribution in [1.82, 2.24) is 15.1 Å². The van der Waals surface area contributed by atoms with Crippen LogP contribution >= 0.6 is 0 Å². The molecule has 1 aromatic rings. The fourth-order valence-electron chi connectivity index (χ4n) is 5.92. The molecule has 10 nitrogen and oxygen atoms in total. The summed E-state index contributed by atoms with van der Waals surface area (Å²) in [6, 6.07) is 11.8. The summed E-state index contributed by atoms with van der Waals surface area (Å²) in [6.45, 7) is 7.57. The van der Waals surface area contributed by atoms with E-state index in [2.05, 4.69) is 30.1 Å². The Morgan fingerprint density at radius 3 is 2.66 bits per heavy atom. The first-order valence-corrected chi connectivity index (χ1v) is 15.1. The molecule has 2 aliphatic heterocycles. The van der Waals surface area contributed by atoms with Gasteiger partial charge in [-0.1, -0.05) is 30.3 Å². The molecule has 2 saturated heterocycles. The third-order valence-corrected chi connectivity index (χ3v) is 8.87. The Labute approximate surface area is 244 Å². The number of hydrogen-bond acceptors (Lipinski definition) is 8. The number of rotatable bonds is 11. The normalized spacial score (nSPS) is 22.2. The Morgan fingerprint density at radius 2 is 1.98 bits per heavy atom. The summed E-state index contributed by atoms with van der Waals surface area (Å²) in [4.78, 5) is 30.3. The molecule has 0 bridgehead atoms. The molecule has 11 heteroatoms. The first-order chi connectivity index (χ1) is 19.6. The van der Waals surface area contributed by atoms with E-state index in [0.717, 1.165) is 57.4 Å². The van der Waals surface area contributed by atoms with Crippen LogP contribution in [-0.2, 0) is 20.7 Å². The quantitative estimate of drug-likeness (QED) is 0.347. The van der Waals surface area contributed by atoms with Crippen LogP contribution < -0.4 is 5.32 Å². The molecule has 1 saturated carbocycles. The van der Waals surface area contributed by atoms with Gasteiger partial charge in [-0.05, 0) is 77.2 Å². The number of ether oxygens (including phenoxy) is 2. The van der Waals surface area contributed by atoms with Gasteiger partial charge in [-0.25, -0.2) is 4.79 Å². The summed E-state index contributed by atoms with van der Waals surface area (Å²) in [5.74, 6) is -1.87. The lowest BCUT2D eigenvalue weighted by Gasteiger charge is -2.44. The zero-order valence-corrected chi connectivity index (χ0v) is 24.5. The summed E-state index contributed by atoms with van der Waals surface area (Å²) in [5.41, 5.74) is 0.897. The van der Waals surface area contributed by atoms with E-state index >= 15 is 0 Å². The van der Waals surface area contributed by atoms with Gasteiger partial charge in [0.15, 0.2) is 0 Å². The van der Waals surface area contributed by atoms with Gasteiger partial charge in [0.25, 0.3) is 0 Å². The average Bonchev–Trinajstić information content (AvgIpc) is 3.74. The maximum Gasteiger partial charge on any atom is 0.475 e. The lowest BCUT2D eigenvalue weighted by molar-refractivity contribution is -0.135. The molecule has 3 fully saturated rings. The van der Waals surface area contributed by atoms with Crippen LogP contribution in [0.25, 0.3) is 0 Å². The summed E-state index contributed by atoms with van der Waals surface area (Å²) >= 11 is 0. The van der Waals surface area contributed by atoms with Gasteiger partial charge in [-0.3, -0.25) is 9.69 Å². The van der Waals surface area contributed by atoms with Crippen LogP contribution in [0.4, 0.5) is 4.79 Å². The Hall–Kier alpha value is -2.65. The van der Waals surface area contributed by atoms with Crippen LogP contribution in [-0.4, -0.2) is 94.9 Å². The topological polar surface area (TPSA) is 135 Å². The SMILES string of the molecule is CC(C)(CCC(C#N)C(=O)N1CCCC[C@@H](OC(=O)N[C@@H](CCc2ccccc2)B(O)O)C1)N1CCOC2(CC2)C1. The molecule has 0 radical (unpaired) electrons. The predicted molar refractivity (Wildman–Crippen MR) is 154 cm³/mol. The van der Waals surface area contributed by atoms with Gasteiger partial charge >= 0.3 is 13.2 Å². The molecule has 2 amide bonds. The highest BCUT2D eigenvalue weighted by atomic mass is 16.6. The monoisotopic (exact) mass is 568 g/mol. The number of benzene rings is 1. The van der Waals surface area contributed by atoms with Gasteiger partial charge in [-0.15, -0.1) is 0 Å². The minimum atomic E-state index is -1.73. The summed E-state index contributed by atoms with van der Waals surface area (Å²) < 4.78 is 11.6. The van der Waals surface area contributed by atoms with E-state index in [-0.39, 0.29) is 23.6 Å². The van der Waals surface area contributed by atoms with Gasteiger partial charge in [0.2, 0.25) is 5.91 Å². The minimum absolute atomic E-state index is 0.0184. The van der Waals surface area contributed by atoms with E-state index in [9.17, 15) is 24.9 Å². The summed E-state index contributed by atoms with van der Waals surface area (Å²) in [6.07, 6.45) is 5.14. The molecule has 0 aromatic heterocycles. The number of alkyl carbamates (subject to hydrolysis) is 1. The first kappa shape index (κ1) is 31.3. The maximum absolute atomic E-state index is 13.5. The zero-order valence-electron chi connectivity index (χ0n) is 24.5. The number of aryl methyl sites for hydroxylation is 1. The number of nitriles is 1. The largest absolute Gasteiger partial charge is 0.475 e. The Morgan fingerprint density at radius 1 is 1.22 bits per heavy atom. The summed E-state index contributed by atoms with van der Waals surface area (Å²) in [7, 11) is -1.73. The molecular weight excluding hydrogens is 523 g/mol. The van der Waals surface area contributed by atoms with Gasteiger partial charge < -0.3 is 29.7 Å². The second kappa shape index (κ2) is 14.0. The van der Waals surface area contributed by atoms with E-state index in [1.807, 2.05) is 30.3 Å². The summed E-state index contributed by atoms with van der Waals surface area (Å²) in [5, 5.41) is 32.1. The van der Waals surface area contributed by atoms with E-state index in [4.69, 9.17) is 9.47 Å². The van der Waals surface area contributed by atoms with Crippen molar-refractivity contribution in [1.29, 1.82) is 5.26 Å². The number of morpholine rings is 1. The van der Waals surface area contributed by atoms with Crippen molar-refractivity contribution in [2.24, 2.45) is 5.92 Å². The number of carbonyl (C=O) groups is 2. The highest BCUT2D eigenvalue weighted by Crippen LogP contribution is 2.44. The molecule has 1 aliphatic carbocycles. The van der Waals surface area contributed by atoms with Crippen LogP contribution in [0.2, 0.25) is 0 Å². The fraction of sp³-hybridized carbons (Fsp3) is 0.700. The van der Waals surface area contributed by atoms with Crippen LogP contribution in [0.1, 0.15) is 70.8 Å². The van der Waals surface area contributed by atoms with Crippen LogP contribution in [0.15, 0.2) is 30.3 Å². The molecule has 3 N–H and O–H groups in total. The van der Waals surface area contributed by atoms with E-state index in [1.165, 1.54) is 0 Å². The third-order valence-electron chi connectivity index (χ3n) is 8.87. The van der Waals surface area contributed by atoms with Crippen molar-refractivity contribution >= 4 is 19.1 Å². The molecular formula is C30H45BN4O6. The first-order valence-electron chi connectivity index (χ1n) is 15.1. The van der Waals surface area contributed by atoms with Crippen molar-refractivity contribution < 1.29 is 29.1 Å². The number of carbonyl (C=O) groups excluding carboxylic acids is 2. The number of amides is 2. The molecule has 3 atom stereocenters. The molecule has 41 heavy (non-hydrogen) atoms. The van der Waals surface area contributed by atoms with Crippen LogP contribution in [0.5, 0.6) is 0 Å². The molecule has 1 unspecified atom stereocenters. The maximum atomic E-state index is 13.5. The average molecular weight is 569 g/mol. The highest BCUT2D eigenvalue weighted by molar-refractivity contribution is 6.43. The Kier molecular flexibility index (Phi) is 10.7. The van der Waals surface area contributed by atoms with Crippen LogP contribution in [0, 0.1) is 17.2 Å². The number of nitrogens with one attached hydrogen (secondary N) is 1. The zero-order chi connectivity index (χ0) is 29.5. The lowest BCUT2D eigenvalue weighted by Crippen LogP contribution is -2.54. The molecule has 224 valence electrons. The van der Waals surface area contributed by atoms with Crippen molar-refractivity contribution in [3.63, 3.8) is 0 Å².